The van der Waals surface area contributed by atoms with Gasteiger partial charge in [0, 0.05) is 5.54 Å². The van der Waals surface area contributed by atoms with E-state index in [1.165, 1.54) is 0 Å². The first-order valence-electron chi connectivity index (χ1n) is 7.71. The lowest BCUT2D eigenvalue weighted by Gasteiger charge is -2.32. The van der Waals surface area contributed by atoms with E-state index in [1.807, 2.05) is 51.1 Å². The number of hydrogen-bond donors (Lipinski definition) is 2. The molecule has 0 radical (unpaired) electrons. The maximum atomic E-state index is 12.5. The van der Waals surface area contributed by atoms with Crippen molar-refractivity contribution in [1.29, 1.82) is 0 Å². The molecular formula is C17H25N3O2. The molecule has 3 N–H and O–H groups in total. The maximum Gasteiger partial charge on any atom is 0.243 e. The van der Waals surface area contributed by atoms with Crippen LogP contribution >= 0.6 is 0 Å². The van der Waals surface area contributed by atoms with E-state index in [-0.39, 0.29) is 29.9 Å². The topological polar surface area (TPSA) is 75.4 Å². The van der Waals surface area contributed by atoms with Crippen LogP contribution in [0.5, 0.6) is 0 Å². The molecule has 1 aliphatic heterocycles. The first kappa shape index (κ1) is 16.5. The number of carbonyl (C=O) groups excluding carboxylic acids is 2. The van der Waals surface area contributed by atoms with Crippen LogP contribution in [-0.4, -0.2) is 34.8 Å². The van der Waals surface area contributed by atoms with Crippen LogP contribution in [0.4, 0.5) is 0 Å². The van der Waals surface area contributed by atoms with E-state index in [9.17, 15) is 9.59 Å². The number of benzene rings is 1. The van der Waals surface area contributed by atoms with Crippen molar-refractivity contribution < 1.29 is 9.59 Å². The summed E-state index contributed by atoms with van der Waals surface area (Å²) in [7, 11) is 0. The highest BCUT2D eigenvalue weighted by Gasteiger charge is 2.41. The van der Waals surface area contributed by atoms with Gasteiger partial charge in [-0.2, -0.15) is 0 Å². The van der Waals surface area contributed by atoms with E-state index < -0.39 is 6.04 Å². The molecule has 0 saturated carbocycles. The van der Waals surface area contributed by atoms with Gasteiger partial charge in [0.2, 0.25) is 11.8 Å². The number of nitrogens with one attached hydrogen (secondary N) is 1. The Hall–Kier alpha value is -1.88. The molecule has 1 aromatic rings. The Morgan fingerprint density at radius 2 is 1.86 bits per heavy atom. The average molecular weight is 303 g/mol. The van der Waals surface area contributed by atoms with Gasteiger partial charge in [0.05, 0.1) is 12.6 Å². The summed E-state index contributed by atoms with van der Waals surface area (Å²) >= 11 is 0. The Labute approximate surface area is 131 Å². The number of carbonyl (C=O) groups is 2. The minimum atomic E-state index is -0.444. The van der Waals surface area contributed by atoms with Gasteiger partial charge in [0.15, 0.2) is 0 Å². The largest absolute Gasteiger partial charge is 0.350 e. The van der Waals surface area contributed by atoms with E-state index in [4.69, 9.17) is 5.73 Å². The zero-order valence-corrected chi connectivity index (χ0v) is 13.5. The van der Waals surface area contributed by atoms with Crippen LogP contribution in [0.25, 0.3) is 0 Å². The number of hydrogen-bond acceptors (Lipinski definition) is 3. The van der Waals surface area contributed by atoms with E-state index in [0.717, 1.165) is 12.0 Å². The molecule has 0 aromatic heterocycles. The second-order valence-corrected chi connectivity index (χ2v) is 6.76. The van der Waals surface area contributed by atoms with Gasteiger partial charge in [-0.1, -0.05) is 30.3 Å². The van der Waals surface area contributed by atoms with Crippen LogP contribution in [0.3, 0.4) is 0 Å². The molecule has 0 bridgehead atoms. The van der Waals surface area contributed by atoms with E-state index in [0.29, 0.717) is 6.42 Å². The summed E-state index contributed by atoms with van der Waals surface area (Å²) in [5, 5.41) is 2.97. The molecule has 1 heterocycles. The molecule has 22 heavy (non-hydrogen) atoms. The van der Waals surface area contributed by atoms with Crippen molar-refractivity contribution in [2.75, 3.05) is 6.54 Å². The van der Waals surface area contributed by atoms with Gasteiger partial charge in [-0.3, -0.25) is 9.59 Å². The minimum Gasteiger partial charge on any atom is -0.350 e. The van der Waals surface area contributed by atoms with Crippen molar-refractivity contribution in [3.8, 4) is 0 Å². The van der Waals surface area contributed by atoms with Crippen LogP contribution in [0.1, 0.15) is 45.2 Å². The zero-order chi connectivity index (χ0) is 16.3. The van der Waals surface area contributed by atoms with Crippen LogP contribution in [0.2, 0.25) is 0 Å². The molecule has 2 rings (SSSR count). The lowest BCUT2D eigenvalue weighted by Crippen LogP contribution is -2.52. The molecule has 120 valence electrons. The molecule has 1 aromatic carbocycles. The number of nitrogens with zero attached hydrogens (tertiary/aromatic N) is 1. The zero-order valence-electron chi connectivity index (χ0n) is 13.5. The first-order chi connectivity index (χ1) is 10.3. The van der Waals surface area contributed by atoms with Crippen LogP contribution in [0, 0.1) is 0 Å². The Morgan fingerprint density at radius 3 is 2.41 bits per heavy atom. The number of rotatable bonds is 3. The number of likely N-dealkylation sites (tertiary alicyclic amines) is 1. The van der Waals surface area contributed by atoms with Crippen molar-refractivity contribution in [2.45, 2.75) is 51.2 Å². The minimum absolute atomic E-state index is 0.0760. The number of nitrogens with two attached hydrogens (primary N) is 1. The second-order valence-electron chi connectivity index (χ2n) is 6.76. The standard InChI is InChI=1S/C17H25N3O2/c1-17(2,3)19-16(22)14-10-9-13(20(14)15(21)11-18)12-7-5-4-6-8-12/h4-8,13-14H,9-11,18H2,1-3H3,(H,19,22). The molecule has 2 unspecified atom stereocenters. The lowest BCUT2D eigenvalue weighted by molar-refractivity contribution is -0.140. The van der Waals surface area contributed by atoms with Gasteiger partial charge < -0.3 is 16.0 Å². The Morgan fingerprint density at radius 1 is 1.23 bits per heavy atom. The highest BCUT2D eigenvalue weighted by Crippen LogP contribution is 2.36. The highest BCUT2D eigenvalue weighted by molar-refractivity contribution is 5.89. The first-order valence-corrected chi connectivity index (χ1v) is 7.71. The smallest absolute Gasteiger partial charge is 0.243 e. The lowest BCUT2D eigenvalue weighted by atomic mass is 10.0. The van der Waals surface area contributed by atoms with Crippen LogP contribution < -0.4 is 11.1 Å². The Bertz CT molecular complexity index is 537. The predicted molar refractivity (Wildman–Crippen MR) is 86.0 cm³/mol. The van der Waals surface area contributed by atoms with Gasteiger partial charge >= 0.3 is 0 Å². The van der Waals surface area contributed by atoms with Crippen molar-refractivity contribution in [1.82, 2.24) is 10.2 Å². The summed E-state index contributed by atoms with van der Waals surface area (Å²) in [5.74, 6) is -0.284. The predicted octanol–water partition coefficient (Wildman–Crippen LogP) is 1.59. The fraction of sp³-hybridized carbons (Fsp3) is 0.529. The molecule has 1 saturated heterocycles. The monoisotopic (exact) mass is 303 g/mol. The molecule has 2 amide bonds. The summed E-state index contributed by atoms with van der Waals surface area (Å²) in [6, 6.07) is 9.30. The SMILES string of the molecule is CC(C)(C)NC(=O)C1CCC(c2ccccc2)N1C(=O)CN. The Kier molecular flexibility index (Phi) is 4.86. The van der Waals surface area contributed by atoms with Gasteiger partial charge in [-0.05, 0) is 39.2 Å². The molecule has 5 nitrogen and oxygen atoms in total. The third kappa shape index (κ3) is 3.65. The van der Waals surface area contributed by atoms with Crippen molar-refractivity contribution >= 4 is 11.8 Å². The number of amides is 2. The summed E-state index contributed by atoms with van der Waals surface area (Å²) in [4.78, 5) is 26.5. The molecular weight excluding hydrogens is 278 g/mol. The van der Waals surface area contributed by atoms with Gasteiger partial charge in [0.1, 0.15) is 6.04 Å². The molecule has 5 heteroatoms. The fourth-order valence-corrected chi connectivity index (χ4v) is 2.98. The summed E-state index contributed by atoms with van der Waals surface area (Å²) in [5.41, 5.74) is 6.29. The van der Waals surface area contributed by atoms with E-state index in [1.54, 1.807) is 4.90 Å². The third-order valence-corrected chi connectivity index (χ3v) is 3.83. The third-order valence-electron chi connectivity index (χ3n) is 3.83. The molecule has 1 fully saturated rings. The normalized spacial score (nSPS) is 21.7. The van der Waals surface area contributed by atoms with E-state index in [2.05, 4.69) is 5.32 Å². The van der Waals surface area contributed by atoms with Crippen LogP contribution in [0.15, 0.2) is 30.3 Å². The summed E-state index contributed by atoms with van der Waals surface area (Å²) in [6.45, 7) is 5.72. The quantitative estimate of drug-likeness (QED) is 0.890. The molecule has 0 spiro atoms. The van der Waals surface area contributed by atoms with E-state index >= 15 is 0 Å². The van der Waals surface area contributed by atoms with Crippen molar-refractivity contribution in [2.24, 2.45) is 5.73 Å². The molecule has 0 aliphatic carbocycles. The van der Waals surface area contributed by atoms with Gasteiger partial charge in [0.25, 0.3) is 0 Å². The maximum absolute atomic E-state index is 12.5. The van der Waals surface area contributed by atoms with Gasteiger partial charge in [-0.15, -0.1) is 0 Å². The van der Waals surface area contributed by atoms with Crippen LogP contribution in [-0.2, 0) is 9.59 Å². The molecule has 2 atom stereocenters. The summed E-state index contributed by atoms with van der Waals surface area (Å²) < 4.78 is 0. The second kappa shape index (κ2) is 6.48. The summed E-state index contributed by atoms with van der Waals surface area (Å²) in [6.07, 6.45) is 1.44. The fourth-order valence-electron chi connectivity index (χ4n) is 2.98. The van der Waals surface area contributed by atoms with Crippen molar-refractivity contribution in [3.05, 3.63) is 35.9 Å². The van der Waals surface area contributed by atoms with Gasteiger partial charge in [-0.25, -0.2) is 0 Å². The Balaban J connectivity index is 2.25. The highest BCUT2D eigenvalue weighted by atomic mass is 16.2. The van der Waals surface area contributed by atoms with Crippen molar-refractivity contribution in [3.63, 3.8) is 0 Å². The molecule has 1 aliphatic rings. The average Bonchev–Trinajstić information content (AvgIpc) is 2.90.